The average molecular weight is 282 g/mol. The fraction of sp³-hybridized carbons (Fsp3) is 1.00. The first kappa shape index (κ1) is 14.8. The molecule has 2 nitrogen and oxygen atoms in total. The molecule has 3 rings (SSSR count). The second-order valence-electron chi connectivity index (χ2n) is 7.35. The van der Waals surface area contributed by atoms with Gasteiger partial charge in [0, 0.05) is 31.2 Å². The first-order valence-corrected chi connectivity index (χ1v) is 8.88. The van der Waals surface area contributed by atoms with Gasteiger partial charge in [-0.3, -0.25) is 4.90 Å². The molecule has 3 aliphatic rings. The van der Waals surface area contributed by atoms with Crippen molar-refractivity contribution in [3.8, 4) is 0 Å². The van der Waals surface area contributed by atoms with Crippen molar-refractivity contribution >= 4 is 0 Å². The number of hydrogen-bond donors (Lipinski definition) is 1. The standard InChI is InChI=1S/C17H31FN2/c18-11-12-20-14-17(9-5-2-6-10-17)19-13-16(20)15-7-3-1-4-8-15/h15-16,19H,1-14H2. The summed E-state index contributed by atoms with van der Waals surface area (Å²) in [6, 6.07) is 0.596. The van der Waals surface area contributed by atoms with Crippen LogP contribution in [-0.4, -0.2) is 42.8 Å². The lowest BCUT2D eigenvalue weighted by Gasteiger charge is -2.52. The van der Waals surface area contributed by atoms with Crippen LogP contribution in [0.4, 0.5) is 4.39 Å². The number of nitrogens with zero attached hydrogens (tertiary/aromatic N) is 1. The van der Waals surface area contributed by atoms with Crippen LogP contribution in [0.25, 0.3) is 0 Å². The predicted octanol–water partition coefficient (Wildman–Crippen LogP) is 3.51. The van der Waals surface area contributed by atoms with Crippen molar-refractivity contribution in [3.05, 3.63) is 0 Å². The highest BCUT2D eigenvalue weighted by molar-refractivity contribution is 5.01. The Kier molecular flexibility index (Phi) is 4.98. The molecule has 3 heteroatoms. The lowest BCUT2D eigenvalue weighted by Crippen LogP contribution is -2.66. The van der Waals surface area contributed by atoms with E-state index in [4.69, 9.17) is 0 Å². The molecule has 1 saturated heterocycles. The van der Waals surface area contributed by atoms with E-state index in [-0.39, 0.29) is 6.67 Å². The molecule has 20 heavy (non-hydrogen) atoms. The third kappa shape index (κ3) is 3.19. The van der Waals surface area contributed by atoms with Crippen LogP contribution in [0, 0.1) is 5.92 Å². The molecule has 1 aliphatic heterocycles. The highest BCUT2D eigenvalue weighted by Crippen LogP contribution is 2.36. The van der Waals surface area contributed by atoms with Crippen molar-refractivity contribution in [2.24, 2.45) is 5.92 Å². The highest BCUT2D eigenvalue weighted by Gasteiger charge is 2.41. The smallest absolute Gasteiger partial charge is 0.102 e. The van der Waals surface area contributed by atoms with Gasteiger partial charge >= 0.3 is 0 Å². The van der Waals surface area contributed by atoms with E-state index >= 15 is 0 Å². The van der Waals surface area contributed by atoms with Crippen LogP contribution >= 0.6 is 0 Å². The van der Waals surface area contributed by atoms with Crippen LogP contribution in [0.15, 0.2) is 0 Å². The molecule has 0 bridgehead atoms. The monoisotopic (exact) mass is 282 g/mol. The summed E-state index contributed by atoms with van der Waals surface area (Å²) in [4.78, 5) is 2.51. The van der Waals surface area contributed by atoms with Gasteiger partial charge in [-0.1, -0.05) is 38.5 Å². The summed E-state index contributed by atoms with van der Waals surface area (Å²) in [6.07, 6.45) is 13.6. The number of hydrogen-bond acceptors (Lipinski definition) is 2. The van der Waals surface area contributed by atoms with Crippen molar-refractivity contribution in [2.75, 3.05) is 26.3 Å². The molecule has 1 spiro atoms. The molecular formula is C17H31FN2. The van der Waals surface area contributed by atoms with Gasteiger partial charge in [-0.25, -0.2) is 4.39 Å². The predicted molar refractivity (Wildman–Crippen MR) is 81.7 cm³/mol. The molecule has 1 heterocycles. The lowest BCUT2D eigenvalue weighted by molar-refractivity contribution is 0.0177. The van der Waals surface area contributed by atoms with Crippen LogP contribution in [0.2, 0.25) is 0 Å². The Morgan fingerprint density at radius 2 is 1.70 bits per heavy atom. The lowest BCUT2D eigenvalue weighted by atomic mass is 9.76. The van der Waals surface area contributed by atoms with E-state index in [1.54, 1.807) is 0 Å². The van der Waals surface area contributed by atoms with E-state index in [0.29, 0.717) is 18.1 Å². The van der Waals surface area contributed by atoms with Gasteiger partial charge in [-0.2, -0.15) is 0 Å². The molecular weight excluding hydrogens is 251 g/mol. The zero-order valence-electron chi connectivity index (χ0n) is 12.9. The van der Waals surface area contributed by atoms with Gasteiger partial charge in [-0.05, 0) is 31.6 Å². The van der Waals surface area contributed by atoms with Crippen LogP contribution in [0.1, 0.15) is 64.2 Å². The van der Waals surface area contributed by atoms with Gasteiger partial charge in [0.15, 0.2) is 0 Å². The van der Waals surface area contributed by atoms with Crippen LogP contribution < -0.4 is 5.32 Å². The van der Waals surface area contributed by atoms with E-state index in [1.807, 2.05) is 0 Å². The second-order valence-corrected chi connectivity index (χ2v) is 7.35. The molecule has 1 N–H and O–H groups in total. The third-order valence-electron chi connectivity index (χ3n) is 6.04. The third-order valence-corrected chi connectivity index (χ3v) is 6.04. The molecule has 0 radical (unpaired) electrons. The Balaban J connectivity index is 1.66. The van der Waals surface area contributed by atoms with Gasteiger partial charge in [0.05, 0.1) is 0 Å². The van der Waals surface area contributed by atoms with E-state index in [1.165, 1.54) is 64.2 Å². The fourth-order valence-electron chi connectivity index (χ4n) is 4.91. The van der Waals surface area contributed by atoms with E-state index in [0.717, 1.165) is 19.0 Å². The summed E-state index contributed by atoms with van der Waals surface area (Å²) in [5, 5.41) is 3.91. The number of piperazine rings is 1. The van der Waals surface area contributed by atoms with Crippen molar-refractivity contribution in [2.45, 2.75) is 75.8 Å². The largest absolute Gasteiger partial charge is 0.308 e. The quantitative estimate of drug-likeness (QED) is 0.852. The summed E-state index contributed by atoms with van der Waals surface area (Å²) in [5.41, 5.74) is 0.318. The van der Waals surface area contributed by atoms with Gasteiger partial charge in [0.1, 0.15) is 6.67 Å². The number of alkyl halides is 1. The van der Waals surface area contributed by atoms with Crippen LogP contribution in [0.3, 0.4) is 0 Å². The molecule has 0 aromatic rings. The molecule has 0 aromatic heterocycles. The summed E-state index contributed by atoms with van der Waals surface area (Å²) >= 11 is 0. The molecule has 1 atom stereocenters. The van der Waals surface area contributed by atoms with E-state index in [2.05, 4.69) is 10.2 Å². The number of halogens is 1. The fourth-order valence-corrected chi connectivity index (χ4v) is 4.91. The van der Waals surface area contributed by atoms with E-state index in [9.17, 15) is 4.39 Å². The second kappa shape index (κ2) is 6.74. The summed E-state index contributed by atoms with van der Waals surface area (Å²) < 4.78 is 13.0. The minimum absolute atomic E-state index is 0.181. The maximum Gasteiger partial charge on any atom is 0.102 e. The summed E-state index contributed by atoms with van der Waals surface area (Å²) in [6.45, 7) is 2.67. The molecule has 1 unspecified atom stereocenters. The molecule has 0 amide bonds. The molecule has 2 saturated carbocycles. The molecule has 0 aromatic carbocycles. The Morgan fingerprint density at radius 1 is 1.00 bits per heavy atom. The summed E-state index contributed by atoms with van der Waals surface area (Å²) in [7, 11) is 0. The Morgan fingerprint density at radius 3 is 2.40 bits per heavy atom. The van der Waals surface area contributed by atoms with Crippen LogP contribution in [-0.2, 0) is 0 Å². The number of rotatable bonds is 3. The Labute approximate surface area is 123 Å². The zero-order chi connectivity index (χ0) is 13.8. The maximum absolute atomic E-state index is 13.0. The van der Waals surface area contributed by atoms with Crippen LogP contribution in [0.5, 0.6) is 0 Å². The van der Waals surface area contributed by atoms with Crippen molar-refractivity contribution < 1.29 is 4.39 Å². The zero-order valence-corrected chi connectivity index (χ0v) is 12.9. The van der Waals surface area contributed by atoms with Gasteiger partial charge < -0.3 is 5.32 Å². The van der Waals surface area contributed by atoms with Gasteiger partial charge in [0.2, 0.25) is 0 Å². The summed E-state index contributed by atoms with van der Waals surface area (Å²) in [5.74, 6) is 0.809. The van der Waals surface area contributed by atoms with Crippen molar-refractivity contribution in [3.63, 3.8) is 0 Å². The van der Waals surface area contributed by atoms with E-state index < -0.39 is 0 Å². The minimum Gasteiger partial charge on any atom is -0.308 e. The minimum atomic E-state index is -0.181. The molecule has 116 valence electrons. The number of nitrogens with one attached hydrogen (secondary N) is 1. The normalized spacial score (nSPS) is 32.5. The molecule has 3 fully saturated rings. The Bertz CT molecular complexity index is 295. The highest BCUT2D eigenvalue weighted by atomic mass is 19.1. The van der Waals surface area contributed by atoms with Gasteiger partial charge in [0.25, 0.3) is 0 Å². The average Bonchev–Trinajstić information content (AvgIpc) is 2.50. The Hall–Kier alpha value is -0.150. The van der Waals surface area contributed by atoms with Crippen molar-refractivity contribution in [1.29, 1.82) is 0 Å². The first-order valence-electron chi connectivity index (χ1n) is 8.88. The first-order chi connectivity index (χ1) is 9.83. The van der Waals surface area contributed by atoms with Crippen molar-refractivity contribution in [1.82, 2.24) is 10.2 Å². The molecule has 2 aliphatic carbocycles. The maximum atomic E-state index is 13.0. The topological polar surface area (TPSA) is 15.3 Å². The van der Waals surface area contributed by atoms with Gasteiger partial charge in [-0.15, -0.1) is 0 Å². The SMILES string of the molecule is FCCN1CC2(CCCCC2)NCC1C1CCCCC1.